The van der Waals surface area contributed by atoms with Gasteiger partial charge in [-0.25, -0.2) is 5.01 Å². The first kappa shape index (κ1) is 21.1. The Morgan fingerprint density at radius 1 is 1.30 bits per heavy atom. The number of nitrogens with zero attached hydrogens (tertiary/aromatic N) is 4. The molecule has 0 fully saturated rings. The van der Waals surface area contributed by atoms with Crippen LogP contribution in [0.4, 0.5) is 0 Å². The molecule has 3 rings (SSSR count). The highest BCUT2D eigenvalue weighted by Gasteiger charge is 2.20. The van der Waals surface area contributed by atoms with Gasteiger partial charge in [-0.2, -0.15) is 5.10 Å². The fourth-order valence-electron chi connectivity index (χ4n) is 2.93. The molecular formula is C21H25N4O5+. The van der Waals surface area contributed by atoms with E-state index in [2.05, 4.69) is 10.3 Å². The molecule has 0 saturated heterocycles. The van der Waals surface area contributed by atoms with Gasteiger partial charge < -0.3 is 14.3 Å². The number of hydrogen-bond acceptors (Lipinski definition) is 7. The topological polar surface area (TPSA) is 96.8 Å². The van der Waals surface area contributed by atoms with Crippen LogP contribution in [0.5, 0.6) is 11.5 Å². The molecule has 0 unspecified atom stereocenters. The van der Waals surface area contributed by atoms with E-state index in [1.807, 2.05) is 25.1 Å². The van der Waals surface area contributed by atoms with E-state index in [1.165, 1.54) is 23.6 Å². The summed E-state index contributed by atoms with van der Waals surface area (Å²) in [6.07, 6.45) is 5.96. The molecule has 2 heterocycles. The smallest absolute Gasteiger partial charge is 0.283 e. The van der Waals surface area contributed by atoms with Crippen molar-refractivity contribution in [2.75, 3.05) is 26.9 Å². The standard InChI is InChI=1S/C21H25N4O5/c1-3-29-20-13-17(6-7-19(20)28-2)18-5-4-10-25(23-18)21(26)15-30-22-14-16-8-11-24(27)12-9-16/h6-9,11-14,27H,3-5,10,15H2,1-2H3/q+1/b22-14+. The highest BCUT2D eigenvalue weighted by molar-refractivity contribution is 6.02. The lowest BCUT2D eigenvalue weighted by Crippen LogP contribution is -2.34. The number of hydrogen-bond donors (Lipinski definition) is 1. The minimum atomic E-state index is -0.274. The molecule has 1 aromatic heterocycles. The zero-order valence-corrected chi connectivity index (χ0v) is 17.0. The Kier molecular flexibility index (Phi) is 7.20. The van der Waals surface area contributed by atoms with E-state index in [-0.39, 0.29) is 12.5 Å². The van der Waals surface area contributed by atoms with E-state index in [9.17, 15) is 10.0 Å². The van der Waals surface area contributed by atoms with Crippen molar-refractivity contribution in [2.45, 2.75) is 19.8 Å². The molecule has 30 heavy (non-hydrogen) atoms. The van der Waals surface area contributed by atoms with Crippen molar-refractivity contribution < 1.29 is 29.0 Å². The second kappa shape index (κ2) is 10.2. The van der Waals surface area contributed by atoms with Gasteiger partial charge in [0.25, 0.3) is 5.91 Å². The van der Waals surface area contributed by atoms with E-state index in [0.717, 1.165) is 34.4 Å². The van der Waals surface area contributed by atoms with Crippen molar-refractivity contribution in [3.63, 3.8) is 0 Å². The van der Waals surface area contributed by atoms with Crippen molar-refractivity contribution >= 4 is 17.8 Å². The highest BCUT2D eigenvalue weighted by atomic mass is 16.6. The summed E-state index contributed by atoms with van der Waals surface area (Å²) in [7, 11) is 1.60. The summed E-state index contributed by atoms with van der Waals surface area (Å²) in [5.41, 5.74) is 2.43. The van der Waals surface area contributed by atoms with Crippen LogP contribution in [0, 0.1) is 0 Å². The fraction of sp³-hybridized carbons (Fsp3) is 0.333. The molecular weight excluding hydrogens is 388 g/mol. The SMILES string of the molecule is CCOc1cc(C2=NN(C(=O)CO/N=C/c3cc[n+](O)cc3)CCC2)ccc1OC. The number of pyridine rings is 1. The molecule has 158 valence electrons. The third-order valence-electron chi connectivity index (χ3n) is 4.41. The van der Waals surface area contributed by atoms with Gasteiger partial charge in [0, 0.05) is 34.5 Å². The number of carbonyl (C=O) groups excluding carboxylic acids is 1. The van der Waals surface area contributed by atoms with Crippen LogP contribution in [0.15, 0.2) is 53.0 Å². The maximum atomic E-state index is 12.4. The van der Waals surface area contributed by atoms with Crippen molar-refractivity contribution in [1.29, 1.82) is 0 Å². The Hall–Kier alpha value is -3.62. The van der Waals surface area contributed by atoms with Gasteiger partial charge in [-0.3, -0.25) is 10.0 Å². The van der Waals surface area contributed by atoms with Gasteiger partial charge in [-0.15, -0.1) is 0 Å². The molecule has 9 heteroatoms. The van der Waals surface area contributed by atoms with Gasteiger partial charge in [0.2, 0.25) is 12.4 Å². The Labute approximate surface area is 174 Å². The van der Waals surface area contributed by atoms with Crippen LogP contribution in [0.25, 0.3) is 0 Å². The maximum absolute atomic E-state index is 12.4. The van der Waals surface area contributed by atoms with Crippen molar-refractivity contribution in [2.24, 2.45) is 10.3 Å². The molecule has 0 aliphatic carbocycles. The minimum Gasteiger partial charge on any atom is -0.493 e. The molecule has 0 spiro atoms. The first-order chi connectivity index (χ1) is 14.6. The maximum Gasteiger partial charge on any atom is 0.283 e. The Morgan fingerprint density at radius 3 is 2.83 bits per heavy atom. The molecule has 1 amide bonds. The van der Waals surface area contributed by atoms with Gasteiger partial charge in [0.15, 0.2) is 18.1 Å². The van der Waals surface area contributed by atoms with E-state index < -0.39 is 0 Å². The average molecular weight is 413 g/mol. The van der Waals surface area contributed by atoms with Gasteiger partial charge in [0.1, 0.15) is 0 Å². The zero-order valence-electron chi connectivity index (χ0n) is 17.0. The van der Waals surface area contributed by atoms with E-state index in [0.29, 0.717) is 24.7 Å². The normalized spacial score (nSPS) is 13.8. The predicted octanol–water partition coefficient (Wildman–Crippen LogP) is 2.00. The lowest BCUT2D eigenvalue weighted by molar-refractivity contribution is -0.904. The molecule has 1 aromatic carbocycles. The molecule has 0 saturated carbocycles. The monoisotopic (exact) mass is 413 g/mol. The molecule has 1 N–H and O–H groups in total. The summed E-state index contributed by atoms with van der Waals surface area (Å²) in [5.74, 6) is 1.03. The first-order valence-corrected chi connectivity index (χ1v) is 9.65. The molecule has 9 nitrogen and oxygen atoms in total. The van der Waals surface area contributed by atoms with E-state index >= 15 is 0 Å². The van der Waals surface area contributed by atoms with Crippen molar-refractivity contribution in [3.05, 3.63) is 53.9 Å². The third kappa shape index (κ3) is 5.47. The lowest BCUT2D eigenvalue weighted by Gasteiger charge is -2.23. The number of methoxy groups -OCH3 is 1. The zero-order chi connectivity index (χ0) is 21.3. The van der Waals surface area contributed by atoms with Gasteiger partial charge in [0.05, 0.1) is 25.6 Å². The summed E-state index contributed by atoms with van der Waals surface area (Å²) in [6, 6.07) is 8.93. The molecule has 1 aliphatic heterocycles. The molecule has 2 aromatic rings. The Balaban J connectivity index is 1.62. The molecule has 0 atom stereocenters. The summed E-state index contributed by atoms with van der Waals surface area (Å²) >= 11 is 0. The number of carbonyl (C=O) groups is 1. The van der Waals surface area contributed by atoms with E-state index in [4.69, 9.17) is 14.3 Å². The van der Waals surface area contributed by atoms with Crippen LogP contribution < -0.4 is 14.2 Å². The fourth-order valence-corrected chi connectivity index (χ4v) is 2.93. The van der Waals surface area contributed by atoms with Crippen LogP contribution in [0.3, 0.4) is 0 Å². The quantitative estimate of drug-likeness (QED) is 0.309. The van der Waals surface area contributed by atoms with Gasteiger partial charge >= 0.3 is 0 Å². The largest absolute Gasteiger partial charge is 0.493 e. The number of ether oxygens (including phenoxy) is 2. The summed E-state index contributed by atoms with van der Waals surface area (Å²) in [5, 5.41) is 18.9. The summed E-state index contributed by atoms with van der Waals surface area (Å²) in [4.78, 5) is 17.5. The molecule has 1 aliphatic rings. The third-order valence-corrected chi connectivity index (χ3v) is 4.41. The number of hydrazone groups is 1. The Morgan fingerprint density at radius 2 is 2.10 bits per heavy atom. The second-order valence-electron chi connectivity index (χ2n) is 6.49. The highest BCUT2D eigenvalue weighted by Crippen LogP contribution is 2.29. The number of oxime groups is 1. The number of rotatable bonds is 8. The van der Waals surface area contributed by atoms with Crippen LogP contribution in [-0.2, 0) is 9.63 Å². The Bertz CT molecular complexity index is 927. The average Bonchev–Trinajstić information content (AvgIpc) is 2.78. The van der Waals surface area contributed by atoms with Crippen LogP contribution in [0.1, 0.15) is 30.9 Å². The van der Waals surface area contributed by atoms with Crippen molar-refractivity contribution in [3.8, 4) is 11.5 Å². The predicted molar refractivity (Wildman–Crippen MR) is 109 cm³/mol. The minimum absolute atomic E-state index is 0.215. The molecule has 0 radical (unpaired) electrons. The first-order valence-electron chi connectivity index (χ1n) is 9.65. The number of aromatic nitrogens is 1. The number of amides is 1. The van der Waals surface area contributed by atoms with Crippen LogP contribution in [-0.4, -0.2) is 54.9 Å². The van der Waals surface area contributed by atoms with Crippen LogP contribution >= 0.6 is 0 Å². The van der Waals surface area contributed by atoms with E-state index in [1.54, 1.807) is 19.2 Å². The van der Waals surface area contributed by atoms with Gasteiger partial charge in [-0.1, -0.05) is 5.16 Å². The lowest BCUT2D eigenvalue weighted by atomic mass is 10.0. The summed E-state index contributed by atoms with van der Waals surface area (Å²) < 4.78 is 11.9. The van der Waals surface area contributed by atoms with Crippen molar-refractivity contribution in [1.82, 2.24) is 5.01 Å². The number of benzene rings is 1. The summed E-state index contributed by atoms with van der Waals surface area (Å²) in [6.45, 7) is 2.75. The van der Waals surface area contributed by atoms with Crippen LogP contribution in [0.2, 0.25) is 0 Å². The molecule has 0 bridgehead atoms. The second-order valence-corrected chi connectivity index (χ2v) is 6.49. The van der Waals surface area contributed by atoms with Gasteiger partial charge in [-0.05, 0) is 38.0 Å².